The molecule has 5 heteroatoms. The van der Waals surface area contributed by atoms with Crippen molar-refractivity contribution in [2.24, 2.45) is 5.92 Å². The zero-order valence-electron chi connectivity index (χ0n) is 14.2. The van der Waals surface area contributed by atoms with Gasteiger partial charge < -0.3 is 10.1 Å². The normalized spacial score (nSPS) is 13.4. The highest BCUT2D eigenvalue weighted by Crippen LogP contribution is 2.30. The Morgan fingerprint density at radius 1 is 1.25 bits per heavy atom. The Balaban J connectivity index is 1.79. The third kappa shape index (κ3) is 3.85. The lowest BCUT2D eigenvalue weighted by atomic mass is 10.1. The molecule has 0 bridgehead atoms. The van der Waals surface area contributed by atoms with Gasteiger partial charge in [0, 0.05) is 11.4 Å². The number of para-hydroxylation sites is 1. The molecule has 0 spiro atoms. The summed E-state index contributed by atoms with van der Waals surface area (Å²) in [4.78, 5) is 19.0. The molecule has 3 rings (SSSR count). The lowest BCUT2D eigenvalue weighted by molar-refractivity contribution is 0.249. The molecule has 0 fully saturated rings. The van der Waals surface area contributed by atoms with Gasteiger partial charge in [-0.15, -0.1) is 0 Å². The number of aromatic nitrogens is 1. The number of hydrogen-bond donors (Lipinski definition) is 1. The van der Waals surface area contributed by atoms with E-state index in [1.165, 1.54) is 0 Å². The molecule has 0 atom stereocenters. The number of anilines is 2. The maximum atomic E-state index is 12.6. The predicted octanol–water partition coefficient (Wildman–Crippen LogP) is 4.10. The van der Waals surface area contributed by atoms with Crippen LogP contribution in [0.25, 0.3) is 0 Å². The summed E-state index contributed by atoms with van der Waals surface area (Å²) in [5.41, 5.74) is 1.76. The van der Waals surface area contributed by atoms with Gasteiger partial charge in [-0.3, -0.25) is 4.90 Å². The second-order valence-corrected chi connectivity index (χ2v) is 6.35. The van der Waals surface area contributed by atoms with E-state index >= 15 is 0 Å². The fraction of sp³-hybridized carbons (Fsp3) is 0.368. The highest BCUT2D eigenvalue weighted by molar-refractivity contribution is 6.02. The van der Waals surface area contributed by atoms with Crippen LogP contribution >= 0.6 is 0 Å². The van der Waals surface area contributed by atoms with Crippen LogP contribution in [0.5, 0.6) is 5.75 Å². The van der Waals surface area contributed by atoms with Gasteiger partial charge in [-0.05, 0) is 43.0 Å². The number of aryl methyl sites for hydroxylation is 1. The summed E-state index contributed by atoms with van der Waals surface area (Å²) < 4.78 is 5.65. The van der Waals surface area contributed by atoms with E-state index in [1.807, 2.05) is 42.5 Å². The molecule has 126 valence electrons. The molecule has 2 heterocycles. The molecule has 0 radical (unpaired) electrons. The van der Waals surface area contributed by atoms with E-state index < -0.39 is 0 Å². The number of ether oxygens (including phenoxy) is 1. The zero-order valence-corrected chi connectivity index (χ0v) is 14.2. The summed E-state index contributed by atoms with van der Waals surface area (Å²) in [6.07, 6.45) is 1.97. The number of amides is 2. The first-order valence-corrected chi connectivity index (χ1v) is 8.40. The van der Waals surface area contributed by atoms with Gasteiger partial charge in [-0.1, -0.05) is 32.0 Å². The van der Waals surface area contributed by atoms with Gasteiger partial charge in [0.25, 0.3) is 0 Å². The quantitative estimate of drug-likeness (QED) is 0.920. The minimum Gasteiger partial charge on any atom is -0.488 e. The van der Waals surface area contributed by atoms with Crippen LogP contribution in [0.2, 0.25) is 0 Å². The molecular formula is C19H23N3O2. The average molecular weight is 325 g/mol. The third-order valence-electron chi connectivity index (χ3n) is 3.97. The Morgan fingerprint density at radius 2 is 2.04 bits per heavy atom. The topological polar surface area (TPSA) is 54.5 Å². The fourth-order valence-electron chi connectivity index (χ4n) is 2.62. The van der Waals surface area contributed by atoms with E-state index in [-0.39, 0.29) is 6.03 Å². The highest BCUT2D eigenvalue weighted by Gasteiger charge is 2.25. The molecule has 1 N–H and O–H groups in total. The van der Waals surface area contributed by atoms with Gasteiger partial charge in [0.1, 0.15) is 6.61 Å². The number of fused-ring (bicyclic) bond motifs is 1. The molecule has 1 aliphatic rings. The van der Waals surface area contributed by atoms with Gasteiger partial charge in [-0.25, -0.2) is 9.78 Å². The molecule has 0 saturated carbocycles. The number of rotatable bonds is 4. The molecule has 2 aromatic rings. The summed E-state index contributed by atoms with van der Waals surface area (Å²) in [5, 5.41) is 2.91. The largest absolute Gasteiger partial charge is 0.488 e. The maximum absolute atomic E-state index is 12.6. The second-order valence-electron chi connectivity index (χ2n) is 6.35. The summed E-state index contributed by atoms with van der Waals surface area (Å²) in [5.74, 6) is 1.89. The Labute approximate surface area is 142 Å². The SMILES string of the molecule is CC(C)CCc1ccc2c(n1)N(C(=O)Nc1ccccc1)CCO2. The van der Waals surface area contributed by atoms with E-state index in [9.17, 15) is 4.79 Å². The van der Waals surface area contributed by atoms with Gasteiger partial charge in [0.05, 0.1) is 6.54 Å². The molecule has 5 nitrogen and oxygen atoms in total. The van der Waals surface area contributed by atoms with Crippen molar-refractivity contribution in [1.29, 1.82) is 0 Å². The zero-order chi connectivity index (χ0) is 16.9. The molecule has 0 saturated heterocycles. The number of urea groups is 1. The van der Waals surface area contributed by atoms with Crippen molar-refractivity contribution in [3.05, 3.63) is 48.2 Å². The van der Waals surface area contributed by atoms with Crippen molar-refractivity contribution in [3.8, 4) is 5.75 Å². The van der Waals surface area contributed by atoms with Crippen molar-refractivity contribution in [3.63, 3.8) is 0 Å². The number of nitrogens with zero attached hydrogens (tertiary/aromatic N) is 2. The predicted molar refractivity (Wildman–Crippen MR) is 95.7 cm³/mol. The van der Waals surface area contributed by atoms with E-state index in [4.69, 9.17) is 4.74 Å². The molecule has 24 heavy (non-hydrogen) atoms. The van der Waals surface area contributed by atoms with Gasteiger partial charge in [0.2, 0.25) is 0 Å². The number of nitrogens with one attached hydrogen (secondary N) is 1. The fourth-order valence-corrected chi connectivity index (χ4v) is 2.62. The Bertz CT molecular complexity index is 701. The van der Waals surface area contributed by atoms with Crippen LogP contribution in [0.4, 0.5) is 16.3 Å². The molecule has 1 aliphatic heterocycles. The molecular weight excluding hydrogens is 302 g/mol. The first kappa shape index (κ1) is 16.3. The number of carbonyl (C=O) groups excluding carboxylic acids is 1. The van der Waals surface area contributed by atoms with Crippen LogP contribution in [0.1, 0.15) is 26.0 Å². The van der Waals surface area contributed by atoms with Crippen LogP contribution in [-0.2, 0) is 6.42 Å². The first-order valence-electron chi connectivity index (χ1n) is 8.40. The summed E-state index contributed by atoms with van der Waals surface area (Å²) >= 11 is 0. The number of carbonyl (C=O) groups is 1. The molecule has 0 unspecified atom stereocenters. The van der Waals surface area contributed by atoms with Gasteiger partial charge in [0.15, 0.2) is 11.6 Å². The Morgan fingerprint density at radius 3 is 2.79 bits per heavy atom. The number of benzene rings is 1. The lowest BCUT2D eigenvalue weighted by Gasteiger charge is -2.28. The summed E-state index contributed by atoms with van der Waals surface area (Å²) in [7, 11) is 0. The minimum absolute atomic E-state index is 0.181. The second kappa shape index (κ2) is 7.34. The van der Waals surface area contributed by atoms with Crippen LogP contribution in [-0.4, -0.2) is 24.2 Å². The standard InChI is InChI=1S/C19H23N3O2/c1-14(2)8-9-16-10-11-17-18(20-16)22(12-13-24-17)19(23)21-15-6-4-3-5-7-15/h3-7,10-11,14H,8-9,12-13H2,1-2H3,(H,21,23). The van der Waals surface area contributed by atoms with Gasteiger partial charge in [-0.2, -0.15) is 0 Å². The number of hydrogen-bond acceptors (Lipinski definition) is 3. The highest BCUT2D eigenvalue weighted by atomic mass is 16.5. The Kier molecular flexibility index (Phi) is 4.99. The van der Waals surface area contributed by atoms with Crippen molar-refractivity contribution in [2.45, 2.75) is 26.7 Å². The van der Waals surface area contributed by atoms with Crippen molar-refractivity contribution >= 4 is 17.5 Å². The third-order valence-corrected chi connectivity index (χ3v) is 3.97. The summed E-state index contributed by atoms with van der Waals surface area (Å²) in [6.45, 7) is 5.36. The molecule has 1 aromatic carbocycles. The van der Waals surface area contributed by atoms with Crippen LogP contribution < -0.4 is 15.0 Å². The lowest BCUT2D eigenvalue weighted by Crippen LogP contribution is -2.41. The van der Waals surface area contributed by atoms with E-state index in [2.05, 4.69) is 24.1 Å². The summed E-state index contributed by atoms with van der Waals surface area (Å²) in [6, 6.07) is 13.2. The molecule has 2 amide bonds. The monoisotopic (exact) mass is 325 g/mol. The number of pyridine rings is 1. The van der Waals surface area contributed by atoms with Crippen LogP contribution in [0.15, 0.2) is 42.5 Å². The van der Waals surface area contributed by atoms with Crippen LogP contribution in [0, 0.1) is 5.92 Å². The van der Waals surface area contributed by atoms with Crippen molar-refractivity contribution in [2.75, 3.05) is 23.4 Å². The first-order chi connectivity index (χ1) is 11.6. The van der Waals surface area contributed by atoms with Crippen LogP contribution in [0.3, 0.4) is 0 Å². The van der Waals surface area contributed by atoms with Crippen molar-refractivity contribution in [1.82, 2.24) is 4.98 Å². The molecule has 0 aliphatic carbocycles. The smallest absolute Gasteiger partial charge is 0.327 e. The van der Waals surface area contributed by atoms with E-state index in [1.54, 1.807) is 4.90 Å². The van der Waals surface area contributed by atoms with E-state index in [0.29, 0.717) is 30.6 Å². The van der Waals surface area contributed by atoms with Crippen molar-refractivity contribution < 1.29 is 9.53 Å². The van der Waals surface area contributed by atoms with Gasteiger partial charge >= 0.3 is 6.03 Å². The molecule has 1 aromatic heterocycles. The average Bonchev–Trinajstić information content (AvgIpc) is 2.60. The Hall–Kier alpha value is -2.56. The minimum atomic E-state index is -0.181. The maximum Gasteiger partial charge on any atom is 0.327 e. The van der Waals surface area contributed by atoms with E-state index in [0.717, 1.165) is 24.2 Å².